The summed E-state index contributed by atoms with van der Waals surface area (Å²) in [5, 5.41) is 6.70. The number of guanidine groups is 1. The number of oxazole rings is 1. The quantitative estimate of drug-likeness (QED) is 0.460. The van der Waals surface area contributed by atoms with Gasteiger partial charge in [-0.1, -0.05) is 33.6 Å². The molecule has 2 N–H and O–H groups in total. The molecule has 6 heteroatoms. The number of nitrogens with one attached hydrogen (secondary N) is 2. The average molecular weight is 406 g/mol. The van der Waals surface area contributed by atoms with Crippen molar-refractivity contribution in [2.45, 2.75) is 64.5 Å². The minimum Gasteiger partial charge on any atom is -0.443 e. The predicted octanol–water partition coefficient (Wildman–Crippen LogP) is 3.20. The van der Waals surface area contributed by atoms with Gasteiger partial charge in [0.15, 0.2) is 5.96 Å². The SMILES string of the molecule is CN=C(NCc1ncc(C(C)(C)C)o1)NC1CCCC1.I. The van der Waals surface area contributed by atoms with Crippen LogP contribution in [-0.4, -0.2) is 24.0 Å². The average Bonchev–Trinajstić information content (AvgIpc) is 3.04. The maximum Gasteiger partial charge on any atom is 0.213 e. The molecule has 1 aliphatic rings. The fourth-order valence-corrected chi connectivity index (χ4v) is 2.36. The highest BCUT2D eigenvalue weighted by Gasteiger charge is 2.19. The van der Waals surface area contributed by atoms with Crippen molar-refractivity contribution in [2.24, 2.45) is 4.99 Å². The first kappa shape index (κ1) is 18.3. The lowest BCUT2D eigenvalue weighted by Gasteiger charge is -2.16. The Hall–Kier alpha value is -0.790. The molecule has 1 aromatic rings. The minimum absolute atomic E-state index is 0. The van der Waals surface area contributed by atoms with Crippen LogP contribution in [0.2, 0.25) is 0 Å². The van der Waals surface area contributed by atoms with Gasteiger partial charge in [-0.25, -0.2) is 4.98 Å². The Labute approximate surface area is 144 Å². The van der Waals surface area contributed by atoms with Crippen LogP contribution in [0.4, 0.5) is 0 Å². The second-order valence-corrected chi connectivity index (χ2v) is 6.42. The van der Waals surface area contributed by atoms with Gasteiger partial charge in [0.2, 0.25) is 5.89 Å². The van der Waals surface area contributed by atoms with E-state index < -0.39 is 0 Å². The van der Waals surface area contributed by atoms with Crippen molar-refractivity contribution in [3.05, 3.63) is 17.8 Å². The van der Waals surface area contributed by atoms with Gasteiger partial charge in [0, 0.05) is 18.5 Å². The van der Waals surface area contributed by atoms with E-state index in [0.29, 0.717) is 18.5 Å². The molecule has 120 valence electrons. The zero-order chi connectivity index (χ0) is 14.6. The van der Waals surface area contributed by atoms with Crippen molar-refractivity contribution in [1.29, 1.82) is 0 Å². The number of halogens is 1. The van der Waals surface area contributed by atoms with Gasteiger partial charge in [0.05, 0.1) is 12.7 Å². The number of aliphatic imine (C=N–C) groups is 1. The van der Waals surface area contributed by atoms with Gasteiger partial charge in [-0.2, -0.15) is 0 Å². The molecule has 2 rings (SSSR count). The minimum atomic E-state index is -0.00494. The van der Waals surface area contributed by atoms with Gasteiger partial charge < -0.3 is 15.1 Å². The number of hydrogen-bond donors (Lipinski definition) is 2. The molecule has 0 saturated heterocycles. The van der Waals surface area contributed by atoms with Crippen LogP contribution in [0, 0.1) is 0 Å². The van der Waals surface area contributed by atoms with E-state index in [9.17, 15) is 0 Å². The Morgan fingerprint density at radius 1 is 1.38 bits per heavy atom. The maximum atomic E-state index is 5.76. The van der Waals surface area contributed by atoms with Gasteiger partial charge >= 0.3 is 0 Å². The molecule has 1 aromatic heterocycles. The van der Waals surface area contributed by atoms with Gasteiger partial charge in [-0.15, -0.1) is 24.0 Å². The molecule has 0 atom stereocenters. The maximum absolute atomic E-state index is 5.76. The summed E-state index contributed by atoms with van der Waals surface area (Å²) < 4.78 is 5.76. The number of aromatic nitrogens is 1. The molecule has 1 fully saturated rings. The highest BCUT2D eigenvalue weighted by molar-refractivity contribution is 14.0. The molecule has 0 aliphatic heterocycles. The molecule has 0 amide bonds. The second-order valence-electron chi connectivity index (χ2n) is 6.42. The Balaban J connectivity index is 0.00000220. The lowest BCUT2D eigenvalue weighted by molar-refractivity contribution is 0.379. The van der Waals surface area contributed by atoms with E-state index in [0.717, 1.165) is 11.7 Å². The molecule has 21 heavy (non-hydrogen) atoms. The molecule has 0 bridgehead atoms. The van der Waals surface area contributed by atoms with Gasteiger partial charge in [0.1, 0.15) is 5.76 Å². The fraction of sp³-hybridized carbons (Fsp3) is 0.733. The van der Waals surface area contributed by atoms with E-state index in [2.05, 4.69) is 41.4 Å². The smallest absolute Gasteiger partial charge is 0.213 e. The first-order valence-electron chi connectivity index (χ1n) is 7.41. The van der Waals surface area contributed by atoms with Crippen LogP contribution in [0.3, 0.4) is 0 Å². The number of rotatable bonds is 3. The van der Waals surface area contributed by atoms with Crippen LogP contribution in [0.1, 0.15) is 58.1 Å². The van der Waals surface area contributed by atoms with Crippen LogP contribution in [0.5, 0.6) is 0 Å². The first-order valence-corrected chi connectivity index (χ1v) is 7.41. The summed E-state index contributed by atoms with van der Waals surface area (Å²) in [4.78, 5) is 8.56. The van der Waals surface area contributed by atoms with Crippen LogP contribution in [0.15, 0.2) is 15.6 Å². The normalized spacial score (nSPS) is 16.7. The third-order valence-corrected chi connectivity index (χ3v) is 3.62. The summed E-state index contributed by atoms with van der Waals surface area (Å²) in [6.45, 7) is 6.91. The third-order valence-electron chi connectivity index (χ3n) is 3.62. The molecule has 0 radical (unpaired) electrons. The summed E-state index contributed by atoms with van der Waals surface area (Å²) >= 11 is 0. The molecular weight excluding hydrogens is 379 g/mol. The predicted molar refractivity (Wildman–Crippen MR) is 96.2 cm³/mol. The summed E-state index contributed by atoms with van der Waals surface area (Å²) in [5.74, 6) is 2.43. The molecule has 0 aromatic carbocycles. The van der Waals surface area contributed by atoms with E-state index in [4.69, 9.17) is 4.42 Å². The third kappa shape index (κ3) is 5.48. The largest absolute Gasteiger partial charge is 0.443 e. The zero-order valence-corrected chi connectivity index (χ0v) is 15.7. The first-order chi connectivity index (χ1) is 9.49. The summed E-state index contributed by atoms with van der Waals surface area (Å²) in [6.07, 6.45) is 6.89. The van der Waals surface area contributed by atoms with Crippen molar-refractivity contribution >= 4 is 29.9 Å². The van der Waals surface area contributed by atoms with Crippen LogP contribution >= 0.6 is 24.0 Å². The summed E-state index contributed by atoms with van der Waals surface area (Å²) in [6, 6.07) is 0.552. The molecule has 1 aliphatic carbocycles. The molecular formula is C15H27IN4O. The van der Waals surface area contributed by atoms with E-state index in [1.165, 1.54) is 25.7 Å². The molecule has 0 unspecified atom stereocenters. The number of hydrogen-bond acceptors (Lipinski definition) is 3. The highest BCUT2D eigenvalue weighted by atomic mass is 127. The van der Waals surface area contributed by atoms with Crippen molar-refractivity contribution in [3.63, 3.8) is 0 Å². The van der Waals surface area contributed by atoms with E-state index in [1.54, 1.807) is 7.05 Å². The van der Waals surface area contributed by atoms with E-state index >= 15 is 0 Å². The summed E-state index contributed by atoms with van der Waals surface area (Å²) in [5.41, 5.74) is -0.00494. The Bertz CT molecular complexity index is 458. The lowest BCUT2D eigenvalue weighted by Crippen LogP contribution is -2.41. The molecule has 1 saturated carbocycles. The van der Waals surface area contributed by atoms with Crippen molar-refractivity contribution in [3.8, 4) is 0 Å². The van der Waals surface area contributed by atoms with E-state index in [1.807, 2.05) is 6.20 Å². The van der Waals surface area contributed by atoms with E-state index in [-0.39, 0.29) is 29.4 Å². The highest BCUT2D eigenvalue weighted by Crippen LogP contribution is 2.22. The van der Waals surface area contributed by atoms with Gasteiger partial charge in [-0.3, -0.25) is 4.99 Å². The molecule has 1 heterocycles. The Morgan fingerprint density at radius 3 is 2.57 bits per heavy atom. The van der Waals surface area contributed by atoms with Crippen molar-refractivity contribution < 1.29 is 4.42 Å². The standard InChI is InChI=1S/C15H26N4O.HI/c1-15(2,3)12-9-17-13(20-12)10-18-14(16-4)19-11-7-5-6-8-11;/h9,11H,5-8,10H2,1-4H3,(H2,16,18,19);1H. The van der Waals surface area contributed by atoms with Gasteiger partial charge in [0.25, 0.3) is 0 Å². The topological polar surface area (TPSA) is 62.5 Å². The van der Waals surface area contributed by atoms with Crippen molar-refractivity contribution in [2.75, 3.05) is 7.05 Å². The second kappa shape index (κ2) is 8.00. The van der Waals surface area contributed by atoms with Crippen molar-refractivity contribution in [1.82, 2.24) is 15.6 Å². The van der Waals surface area contributed by atoms with Crippen LogP contribution in [0.25, 0.3) is 0 Å². The molecule has 0 spiro atoms. The van der Waals surface area contributed by atoms with Gasteiger partial charge in [-0.05, 0) is 12.8 Å². The lowest BCUT2D eigenvalue weighted by atomic mass is 9.94. The number of nitrogens with zero attached hydrogens (tertiary/aromatic N) is 2. The Kier molecular flexibility index (Phi) is 6.96. The van der Waals surface area contributed by atoms with Crippen LogP contribution in [-0.2, 0) is 12.0 Å². The molecule has 5 nitrogen and oxygen atoms in total. The Morgan fingerprint density at radius 2 is 2.05 bits per heavy atom. The zero-order valence-electron chi connectivity index (χ0n) is 13.4. The summed E-state index contributed by atoms with van der Waals surface area (Å²) in [7, 11) is 1.79. The monoisotopic (exact) mass is 406 g/mol. The fourth-order valence-electron chi connectivity index (χ4n) is 2.36. The van der Waals surface area contributed by atoms with Crippen LogP contribution < -0.4 is 10.6 Å².